The van der Waals surface area contributed by atoms with Gasteiger partial charge in [0.15, 0.2) is 0 Å². The van der Waals surface area contributed by atoms with Crippen LogP contribution in [0, 0.1) is 0 Å². The highest BCUT2D eigenvalue weighted by atomic mass is 32.2. The van der Waals surface area contributed by atoms with E-state index in [0.717, 1.165) is 25.7 Å². The molecule has 0 amide bonds. The van der Waals surface area contributed by atoms with Gasteiger partial charge in [-0.1, -0.05) is 26.2 Å². The Morgan fingerprint density at radius 1 is 0.852 bits per heavy atom. The van der Waals surface area contributed by atoms with Gasteiger partial charge in [-0.25, -0.2) is 13.1 Å². The summed E-state index contributed by atoms with van der Waals surface area (Å²) in [5.41, 5.74) is 0. The second kappa shape index (κ2) is 9.20. The third kappa shape index (κ3) is 6.23. The number of hydrogen-bond acceptors (Lipinski definition) is 6. The minimum Gasteiger partial charge on any atom is -0.508 e. The van der Waals surface area contributed by atoms with E-state index in [1.807, 2.05) is 0 Å². The highest BCUT2D eigenvalue weighted by Gasteiger charge is 2.18. The summed E-state index contributed by atoms with van der Waals surface area (Å²) >= 11 is 0. The monoisotopic (exact) mass is 413 g/mol. The zero-order chi connectivity index (χ0) is 19.9. The Morgan fingerprint density at radius 3 is 2.04 bits per heavy atom. The lowest BCUT2D eigenvalue weighted by Crippen LogP contribution is -2.24. The van der Waals surface area contributed by atoms with Gasteiger partial charge < -0.3 is 9.29 Å². The van der Waals surface area contributed by atoms with E-state index in [-0.39, 0.29) is 21.3 Å². The van der Waals surface area contributed by atoms with Crippen molar-refractivity contribution in [3.63, 3.8) is 0 Å². The molecule has 2 aromatic carbocycles. The molecule has 0 aliphatic heterocycles. The van der Waals surface area contributed by atoms with Crippen LogP contribution in [-0.4, -0.2) is 28.5 Å². The summed E-state index contributed by atoms with van der Waals surface area (Å²) in [6.07, 6.45) is 3.85. The molecule has 0 aliphatic rings. The molecule has 0 saturated carbocycles. The predicted octanol–water partition coefficient (Wildman–Crippen LogP) is 3.02. The van der Waals surface area contributed by atoms with Crippen molar-refractivity contribution in [1.82, 2.24) is 4.72 Å². The Balaban J connectivity index is 2.03. The lowest BCUT2D eigenvalue weighted by atomic mass is 10.2. The molecule has 0 heterocycles. The van der Waals surface area contributed by atoms with Crippen LogP contribution in [0.4, 0.5) is 0 Å². The average Bonchev–Trinajstić information content (AvgIpc) is 2.62. The average molecular weight is 414 g/mol. The van der Waals surface area contributed by atoms with Crippen molar-refractivity contribution in [1.29, 1.82) is 0 Å². The second-order valence-electron chi connectivity index (χ2n) is 5.96. The Bertz CT molecular complexity index is 936. The van der Waals surface area contributed by atoms with Crippen LogP contribution in [0.15, 0.2) is 58.3 Å². The third-order valence-corrected chi connectivity index (χ3v) is 6.53. The standard InChI is InChI=1S/C18H23NO6S2/c1-2-3-4-5-14-19-26(21,22)17-12-8-16(9-13-17)25-27(23,24)18-10-6-15(20)7-11-18/h6-13,19-20H,2-5,14H2,1H3. The molecule has 0 radical (unpaired) electrons. The number of sulfonamides is 1. The van der Waals surface area contributed by atoms with Crippen molar-refractivity contribution < 1.29 is 26.1 Å². The predicted molar refractivity (Wildman–Crippen MR) is 102 cm³/mol. The number of phenolic OH excluding ortho intramolecular Hbond substituents is 1. The van der Waals surface area contributed by atoms with Crippen molar-refractivity contribution in [3.8, 4) is 11.5 Å². The third-order valence-electron chi connectivity index (χ3n) is 3.79. The number of nitrogens with one attached hydrogen (secondary N) is 1. The molecule has 0 atom stereocenters. The van der Waals surface area contributed by atoms with Crippen LogP contribution >= 0.6 is 0 Å². The van der Waals surface area contributed by atoms with Gasteiger partial charge in [0, 0.05) is 6.54 Å². The molecular weight excluding hydrogens is 390 g/mol. The van der Waals surface area contributed by atoms with Gasteiger partial charge in [0.25, 0.3) is 0 Å². The summed E-state index contributed by atoms with van der Waals surface area (Å²) < 4.78 is 56.3. The first kappa shape index (κ1) is 21.2. The molecule has 0 unspecified atom stereocenters. The van der Waals surface area contributed by atoms with Crippen molar-refractivity contribution in [2.24, 2.45) is 0 Å². The van der Waals surface area contributed by atoms with E-state index in [1.54, 1.807) is 0 Å². The lowest BCUT2D eigenvalue weighted by Gasteiger charge is -2.09. The van der Waals surface area contributed by atoms with Crippen molar-refractivity contribution in [3.05, 3.63) is 48.5 Å². The molecule has 148 valence electrons. The molecule has 2 rings (SSSR count). The highest BCUT2D eigenvalue weighted by molar-refractivity contribution is 7.89. The van der Waals surface area contributed by atoms with Crippen molar-refractivity contribution >= 4 is 20.1 Å². The number of unbranched alkanes of at least 4 members (excludes halogenated alkanes) is 3. The molecule has 27 heavy (non-hydrogen) atoms. The Labute approximate surface area is 160 Å². The normalized spacial score (nSPS) is 12.0. The van der Waals surface area contributed by atoms with Gasteiger partial charge in [0.1, 0.15) is 16.4 Å². The molecule has 0 saturated heterocycles. The van der Waals surface area contributed by atoms with Gasteiger partial charge in [-0.05, 0) is 55.0 Å². The van der Waals surface area contributed by atoms with Gasteiger partial charge in [-0.15, -0.1) is 0 Å². The van der Waals surface area contributed by atoms with E-state index < -0.39 is 20.1 Å². The maximum Gasteiger partial charge on any atom is 0.339 e. The number of phenols is 1. The van der Waals surface area contributed by atoms with Gasteiger partial charge in [-0.3, -0.25) is 0 Å². The minimum atomic E-state index is -4.08. The molecule has 0 aliphatic carbocycles. The first-order valence-electron chi connectivity index (χ1n) is 8.58. The fourth-order valence-corrected chi connectivity index (χ4v) is 4.31. The van der Waals surface area contributed by atoms with Gasteiger partial charge >= 0.3 is 10.1 Å². The topological polar surface area (TPSA) is 110 Å². The maximum atomic E-state index is 12.2. The van der Waals surface area contributed by atoms with E-state index in [4.69, 9.17) is 4.18 Å². The summed E-state index contributed by atoms with van der Waals surface area (Å²) in [6.45, 7) is 2.44. The highest BCUT2D eigenvalue weighted by Crippen LogP contribution is 2.22. The minimum absolute atomic E-state index is 0.00929. The maximum absolute atomic E-state index is 12.2. The Morgan fingerprint density at radius 2 is 1.44 bits per heavy atom. The van der Waals surface area contributed by atoms with Crippen LogP contribution in [0.2, 0.25) is 0 Å². The first-order chi connectivity index (χ1) is 12.7. The fraction of sp³-hybridized carbons (Fsp3) is 0.333. The molecule has 9 heteroatoms. The van der Waals surface area contributed by atoms with Gasteiger partial charge in [-0.2, -0.15) is 8.42 Å². The van der Waals surface area contributed by atoms with E-state index in [2.05, 4.69) is 11.6 Å². The van der Waals surface area contributed by atoms with E-state index in [1.165, 1.54) is 48.5 Å². The van der Waals surface area contributed by atoms with Gasteiger partial charge in [0.05, 0.1) is 4.90 Å². The van der Waals surface area contributed by atoms with Crippen LogP contribution in [0.1, 0.15) is 32.6 Å². The Kier molecular flexibility index (Phi) is 7.23. The van der Waals surface area contributed by atoms with Crippen molar-refractivity contribution in [2.45, 2.75) is 42.4 Å². The van der Waals surface area contributed by atoms with Crippen LogP contribution in [0.5, 0.6) is 11.5 Å². The zero-order valence-electron chi connectivity index (χ0n) is 15.0. The van der Waals surface area contributed by atoms with E-state index in [9.17, 15) is 21.9 Å². The van der Waals surface area contributed by atoms with Crippen LogP contribution in [0.3, 0.4) is 0 Å². The number of hydrogen-bond donors (Lipinski definition) is 2. The number of rotatable bonds is 10. The summed E-state index contributed by atoms with van der Waals surface area (Å²) in [7, 11) is -7.73. The molecule has 0 bridgehead atoms. The van der Waals surface area contributed by atoms with Gasteiger partial charge in [0.2, 0.25) is 10.0 Å². The summed E-state index contributed by atoms with van der Waals surface area (Å²) in [5, 5.41) is 9.22. The van der Waals surface area contributed by atoms with Crippen LogP contribution < -0.4 is 8.91 Å². The summed E-state index contributed by atoms with van der Waals surface area (Å²) in [4.78, 5) is -0.0851. The molecule has 2 N–H and O–H groups in total. The summed E-state index contributed by atoms with van der Waals surface area (Å²) in [6, 6.07) is 10.0. The van der Waals surface area contributed by atoms with Crippen LogP contribution in [0.25, 0.3) is 0 Å². The smallest absolute Gasteiger partial charge is 0.339 e. The van der Waals surface area contributed by atoms with Crippen LogP contribution in [-0.2, 0) is 20.1 Å². The first-order valence-corrected chi connectivity index (χ1v) is 11.5. The molecule has 0 aromatic heterocycles. The summed E-state index contributed by atoms with van der Waals surface area (Å²) in [5.74, 6) is -0.0734. The largest absolute Gasteiger partial charge is 0.508 e. The second-order valence-corrected chi connectivity index (χ2v) is 9.27. The quantitative estimate of drug-likeness (QED) is 0.458. The van der Waals surface area contributed by atoms with Crippen molar-refractivity contribution in [2.75, 3.05) is 6.54 Å². The molecule has 0 spiro atoms. The van der Waals surface area contributed by atoms with E-state index in [0.29, 0.717) is 6.54 Å². The molecule has 7 nitrogen and oxygen atoms in total. The lowest BCUT2D eigenvalue weighted by molar-refractivity contribution is 0.473. The number of benzene rings is 2. The molecule has 0 fully saturated rings. The Hall–Kier alpha value is -2.10. The molecule has 2 aromatic rings. The number of aromatic hydroxyl groups is 1. The molecular formula is C18H23NO6S2. The SMILES string of the molecule is CCCCCCNS(=O)(=O)c1ccc(OS(=O)(=O)c2ccc(O)cc2)cc1. The van der Waals surface area contributed by atoms with E-state index >= 15 is 0 Å². The fourth-order valence-electron chi connectivity index (χ4n) is 2.30. The zero-order valence-corrected chi connectivity index (χ0v) is 16.6.